The number of hydrogen-bond acceptors (Lipinski definition) is 8. The Labute approximate surface area is 251 Å². The third-order valence-corrected chi connectivity index (χ3v) is 8.71. The number of carbonyl (C=O) groups is 3. The summed E-state index contributed by atoms with van der Waals surface area (Å²) in [5.74, 6) is -0.220. The van der Waals surface area contributed by atoms with Crippen LogP contribution in [0.3, 0.4) is 0 Å². The zero-order chi connectivity index (χ0) is 30.5. The lowest BCUT2D eigenvalue weighted by Gasteiger charge is -2.30. The quantitative estimate of drug-likeness (QED) is 0.425. The number of primary amides is 1. The van der Waals surface area contributed by atoms with E-state index < -0.39 is 17.8 Å². The van der Waals surface area contributed by atoms with E-state index in [9.17, 15) is 18.8 Å². The molecule has 1 aromatic carbocycles. The first-order valence-electron chi connectivity index (χ1n) is 15.3. The Hall–Kier alpha value is -3.96. The number of benzene rings is 1. The minimum Gasteiger partial charge on any atom is -0.490 e. The second-order valence-electron chi connectivity index (χ2n) is 12.0. The van der Waals surface area contributed by atoms with E-state index in [0.29, 0.717) is 56.6 Å². The number of aromatic nitrogens is 2. The fourth-order valence-corrected chi connectivity index (χ4v) is 6.01. The van der Waals surface area contributed by atoms with Crippen LogP contribution >= 0.6 is 0 Å². The van der Waals surface area contributed by atoms with Crippen LogP contribution in [0.5, 0.6) is 5.75 Å². The highest BCUT2D eigenvalue weighted by Crippen LogP contribution is 2.33. The summed E-state index contributed by atoms with van der Waals surface area (Å²) in [5, 5.41) is 6.75. The van der Waals surface area contributed by atoms with Crippen molar-refractivity contribution in [3.63, 3.8) is 0 Å². The zero-order valence-corrected chi connectivity index (χ0v) is 24.9. The number of rotatable bonds is 10. The number of halogens is 1. The van der Waals surface area contributed by atoms with Crippen LogP contribution in [0, 0.1) is 17.7 Å². The molecular formula is C31H41FN6O5. The number of allylic oxidation sites excluding steroid dienone is 2. The minimum absolute atomic E-state index is 0.153. The smallest absolute Gasteiger partial charge is 0.324 e. The van der Waals surface area contributed by atoms with Crippen LogP contribution < -0.4 is 20.7 Å². The van der Waals surface area contributed by atoms with Crippen molar-refractivity contribution in [3.05, 3.63) is 41.5 Å². The van der Waals surface area contributed by atoms with Gasteiger partial charge >= 0.3 is 6.01 Å². The van der Waals surface area contributed by atoms with Crippen molar-refractivity contribution >= 4 is 29.3 Å². The maximum absolute atomic E-state index is 15.0. The van der Waals surface area contributed by atoms with Gasteiger partial charge in [-0.05, 0) is 74.1 Å². The highest BCUT2D eigenvalue weighted by atomic mass is 19.1. The summed E-state index contributed by atoms with van der Waals surface area (Å²) in [6.45, 7) is 6.38. The molecule has 2 aromatic rings. The highest BCUT2D eigenvalue weighted by molar-refractivity contribution is 5.90. The van der Waals surface area contributed by atoms with Gasteiger partial charge in [-0.25, -0.2) is 4.39 Å². The van der Waals surface area contributed by atoms with Crippen LogP contribution in [0.15, 0.2) is 28.8 Å². The summed E-state index contributed by atoms with van der Waals surface area (Å²) in [6, 6.07) is 4.99. The first-order valence-corrected chi connectivity index (χ1v) is 15.3. The van der Waals surface area contributed by atoms with Crippen molar-refractivity contribution in [1.82, 2.24) is 20.4 Å². The van der Waals surface area contributed by atoms with E-state index in [4.69, 9.17) is 15.0 Å². The van der Waals surface area contributed by atoms with Crippen LogP contribution in [-0.4, -0.2) is 71.6 Å². The molecule has 5 rings (SSSR count). The molecule has 3 amide bonds. The van der Waals surface area contributed by atoms with Gasteiger partial charge in [0.2, 0.25) is 17.7 Å². The molecule has 12 heteroatoms. The van der Waals surface area contributed by atoms with Gasteiger partial charge in [0.05, 0.1) is 13.2 Å². The number of piperidine rings is 1. The van der Waals surface area contributed by atoms with Crippen LogP contribution in [-0.2, 0) is 14.4 Å². The summed E-state index contributed by atoms with van der Waals surface area (Å²) in [7, 11) is 0. The molecular weight excluding hydrogens is 555 g/mol. The molecule has 0 spiro atoms. The van der Waals surface area contributed by atoms with Gasteiger partial charge in [-0.1, -0.05) is 31.1 Å². The summed E-state index contributed by atoms with van der Waals surface area (Å²) in [5.41, 5.74) is 7.15. The van der Waals surface area contributed by atoms with Crippen molar-refractivity contribution < 1.29 is 28.0 Å². The Morgan fingerprint density at radius 1 is 1.16 bits per heavy atom. The molecule has 232 valence electrons. The molecule has 0 saturated carbocycles. The molecule has 3 aliphatic rings. The van der Waals surface area contributed by atoms with Gasteiger partial charge in [0, 0.05) is 31.5 Å². The van der Waals surface area contributed by atoms with Crippen LogP contribution in [0.4, 0.5) is 10.4 Å². The second kappa shape index (κ2) is 13.6. The third kappa shape index (κ3) is 7.34. The van der Waals surface area contributed by atoms with Gasteiger partial charge < -0.3 is 30.1 Å². The first-order chi connectivity index (χ1) is 20.7. The van der Waals surface area contributed by atoms with Gasteiger partial charge in [0.1, 0.15) is 6.04 Å². The number of nitrogens with zero attached hydrogens (tertiary/aromatic N) is 4. The maximum atomic E-state index is 15.0. The molecule has 1 aliphatic carbocycles. The van der Waals surface area contributed by atoms with E-state index in [0.717, 1.165) is 43.5 Å². The topological polar surface area (TPSA) is 144 Å². The molecule has 11 nitrogen and oxygen atoms in total. The van der Waals surface area contributed by atoms with E-state index in [2.05, 4.69) is 20.4 Å². The Bertz CT molecular complexity index is 1350. The second-order valence-corrected chi connectivity index (χ2v) is 12.0. The third-order valence-electron chi connectivity index (χ3n) is 8.71. The minimum atomic E-state index is -0.595. The molecule has 3 heterocycles. The number of anilines is 1. The lowest BCUT2D eigenvalue weighted by atomic mass is 9.86. The van der Waals surface area contributed by atoms with Gasteiger partial charge in [0.25, 0.3) is 0 Å². The molecule has 2 aliphatic heterocycles. The number of hydrogen-bond donors (Lipinski definition) is 2. The SMILES string of the molecule is CC(C)c1noc(N2CCC(COc3ccc(C4=CCC(C(=O)NCC(=O)N5CCC[C@H]5C(N)=O)CC4)cc3F)CC2)n1. The normalized spacial score (nSPS) is 21.2. The van der Waals surface area contributed by atoms with E-state index >= 15 is 0 Å². The molecule has 2 saturated heterocycles. The summed E-state index contributed by atoms with van der Waals surface area (Å²) >= 11 is 0. The number of nitrogens with one attached hydrogen (secondary N) is 1. The Morgan fingerprint density at radius 2 is 1.95 bits per heavy atom. The van der Waals surface area contributed by atoms with Gasteiger partial charge in [0.15, 0.2) is 17.4 Å². The van der Waals surface area contributed by atoms with Gasteiger partial charge in [-0.3, -0.25) is 14.4 Å². The number of ether oxygens (including phenoxy) is 1. The van der Waals surface area contributed by atoms with Crippen LogP contribution in [0.25, 0.3) is 5.57 Å². The fourth-order valence-electron chi connectivity index (χ4n) is 6.01. The van der Waals surface area contributed by atoms with Crippen LogP contribution in [0.1, 0.15) is 76.1 Å². The van der Waals surface area contributed by atoms with E-state index in [1.54, 1.807) is 6.07 Å². The number of likely N-dealkylation sites (tertiary alicyclic amines) is 1. The lowest BCUT2D eigenvalue weighted by molar-refractivity contribution is -0.138. The molecule has 43 heavy (non-hydrogen) atoms. The maximum Gasteiger partial charge on any atom is 0.324 e. The largest absolute Gasteiger partial charge is 0.490 e. The monoisotopic (exact) mass is 596 g/mol. The van der Waals surface area contributed by atoms with E-state index in [-0.39, 0.29) is 35.9 Å². The zero-order valence-electron chi connectivity index (χ0n) is 24.9. The first kappa shape index (κ1) is 30.5. The number of amides is 3. The Kier molecular flexibility index (Phi) is 9.62. The van der Waals surface area contributed by atoms with Gasteiger partial charge in [-0.15, -0.1) is 0 Å². The lowest BCUT2D eigenvalue weighted by Crippen LogP contribution is -2.48. The molecule has 1 aromatic heterocycles. The van der Waals surface area contributed by atoms with Crippen LogP contribution in [0.2, 0.25) is 0 Å². The highest BCUT2D eigenvalue weighted by Gasteiger charge is 2.33. The van der Waals surface area contributed by atoms with Crippen molar-refractivity contribution in [2.24, 2.45) is 17.6 Å². The Morgan fingerprint density at radius 3 is 2.60 bits per heavy atom. The Balaban J connectivity index is 1.06. The predicted molar refractivity (Wildman–Crippen MR) is 157 cm³/mol. The van der Waals surface area contributed by atoms with Crippen molar-refractivity contribution in [2.45, 2.75) is 70.8 Å². The molecule has 2 atom stereocenters. The average molecular weight is 597 g/mol. The molecule has 0 radical (unpaired) electrons. The van der Waals surface area contributed by atoms with E-state index in [1.165, 1.54) is 11.0 Å². The summed E-state index contributed by atoms with van der Waals surface area (Å²) in [4.78, 5) is 44.8. The van der Waals surface area contributed by atoms with Gasteiger partial charge in [-0.2, -0.15) is 4.98 Å². The van der Waals surface area contributed by atoms with Crippen molar-refractivity contribution in [2.75, 3.05) is 37.7 Å². The van der Waals surface area contributed by atoms with Crippen molar-refractivity contribution in [1.29, 1.82) is 0 Å². The molecule has 3 N–H and O–H groups in total. The fraction of sp³-hybridized carbons (Fsp3) is 0.581. The summed E-state index contributed by atoms with van der Waals surface area (Å²) < 4.78 is 26.3. The molecule has 1 unspecified atom stereocenters. The number of nitrogens with two attached hydrogens (primary N) is 1. The molecule has 0 bridgehead atoms. The molecule has 2 fully saturated rings. The number of carbonyl (C=O) groups excluding carboxylic acids is 3. The van der Waals surface area contributed by atoms with E-state index in [1.807, 2.05) is 26.0 Å². The standard InChI is InChI=1S/C31H41FN6O5/c1-19(2)29-35-31(43-36-29)37-14-11-20(12-15-37)18-42-26-10-9-23(16-24(26)32)21-5-7-22(8-6-21)30(41)34-17-27(39)38-13-3-4-25(38)28(33)40/h5,9-10,16,19-20,22,25H,3-4,6-8,11-15,17-18H2,1-2H3,(H2,33,40)(H,34,41)/t22?,25-/m0/s1. The predicted octanol–water partition coefficient (Wildman–Crippen LogP) is 3.40. The van der Waals surface area contributed by atoms with Crippen molar-refractivity contribution in [3.8, 4) is 5.75 Å². The summed E-state index contributed by atoms with van der Waals surface area (Å²) in [6.07, 6.45) is 6.75. The average Bonchev–Trinajstić information content (AvgIpc) is 3.71.